The number of halogens is 2. The van der Waals surface area contributed by atoms with Gasteiger partial charge in [-0.3, -0.25) is 15.1 Å². The highest BCUT2D eigenvalue weighted by molar-refractivity contribution is 7.10. The van der Waals surface area contributed by atoms with Crippen LogP contribution in [0.1, 0.15) is 68.5 Å². The fourth-order valence-electron chi connectivity index (χ4n) is 5.69. The van der Waals surface area contributed by atoms with E-state index in [1.54, 1.807) is 50.5 Å². The van der Waals surface area contributed by atoms with Crippen LogP contribution in [0.15, 0.2) is 78.8 Å². The number of benzene rings is 2. The maximum Gasteiger partial charge on any atom is 0.418 e. The number of thiazole rings is 1. The van der Waals surface area contributed by atoms with Crippen molar-refractivity contribution in [2.75, 3.05) is 25.5 Å². The summed E-state index contributed by atoms with van der Waals surface area (Å²) in [5.74, 6) is -2.62. The van der Waals surface area contributed by atoms with Crippen LogP contribution >= 0.6 is 11.3 Å². The topological polar surface area (TPSA) is 169 Å². The predicted molar refractivity (Wildman–Crippen MR) is 204 cm³/mol. The van der Waals surface area contributed by atoms with Crippen LogP contribution in [-0.2, 0) is 37.8 Å². The molecule has 1 amide bonds. The quantitative estimate of drug-likeness (QED) is 0.0537. The van der Waals surface area contributed by atoms with E-state index in [9.17, 15) is 19.1 Å². The van der Waals surface area contributed by atoms with Crippen molar-refractivity contribution >= 4 is 35.1 Å². The van der Waals surface area contributed by atoms with E-state index < -0.39 is 47.0 Å². The van der Waals surface area contributed by atoms with E-state index in [4.69, 9.17) is 24.6 Å². The Morgan fingerprint density at radius 3 is 2.55 bits per heavy atom. The lowest BCUT2D eigenvalue weighted by atomic mass is 9.82. The second-order valence-electron chi connectivity index (χ2n) is 14.1. The minimum Gasteiger partial charge on any atom is -0.472 e. The molecule has 14 nitrogen and oxygen atoms in total. The summed E-state index contributed by atoms with van der Waals surface area (Å²) in [6.45, 7) is 8.45. The number of ether oxygens (including phenoxy) is 3. The van der Waals surface area contributed by atoms with Gasteiger partial charge in [-0.25, -0.2) is 23.5 Å². The van der Waals surface area contributed by atoms with Gasteiger partial charge in [0.2, 0.25) is 18.5 Å². The van der Waals surface area contributed by atoms with Gasteiger partial charge in [-0.05, 0) is 64.2 Å². The number of nitrogens with zero attached hydrogens (tertiary/aromatic N) is 6. The first-order valence-electron chi connectivity index (χ1n) is 17.6. The van der Waals surface area contributed by atoms with Crippen molar-refractivity contribution in [1.82, 2.24) is 25.1 Å². The Morgan fingerprint density at radius 1 is 1.12 bits per heavy atom. The highest BCUT2D eigenvalue weighted by Crippen LogP contribution is 2.41. The van der Waals surface area contributed by atoms with Gasteiger partial charge in [-0.1, -0.05) is 25.1 Å². The molecule has 0 radical (unpaired) electrons. The van der Waals surface area contributed by atoms with Gasteiger partial charge in [-0.15, -0.1) is 16.0 Å². The number of likely N-dealkylation sites (N-methyl/N-ethyl adjacent to an activating group) is 1. The zero-order chi connectivity index (χ0) is 40.8. The highest BCUT2D eigenvalue weighted by atomic mass is 32.1. The molecule has 3 aromatic heterocycles. The third-order valence-electron chi connectivity index (χ3n) is 8.72. The summed E-state index contributed by atoms with van der Waals surface area (Å²) in [7, 11) is 3.09. The molecule has 56 heavy (non-hydrogen) atoms. The lowest BCUT2D eigenvalue weighted by Gasteiger charge is -2.32. The van der Waals surface area contributed by atoms with E-state index in [-0.39, 0.29) is 37.0 Å². The summed E-state index contributed by atoms with van der Waals surface area (Å²) >= 11 is 1.25. The fraction of sp³-hybridized carbons (Fsp3) is 0.359. The number of hydrogen-bond acceptors (Lipinski definition) is 12. The molecule has 3 atom stereocenters. The average Bonchev–Trinajstić information content (AvgIpc) is 3.84. The monoisotopic (exact) mass is 791 g/mol. The molecule has 0 saturated heterocycles. The zero-order valence-corrected chi connectivity index (χ0v) is 32.9. The van der Waals surface area contributed by atoms with Gasteiger partial charge in [0, 0.05) is 58.8 Å². The Morgan fingerprint density at radius 2 is 1.86 bits per heavy atom. The molecule has 0 aliphatic carbocycles. The number of pyridine rings is 1. The summed E-state index contributed by atoms with van der Waals surface area (Å²) in [6.07, 6.45) is 2.65. The van der Waals surface area contributed by atoms with Crippen LogP contribution < -0.4 is 14.8 Å². The number of carbonyl (C=O) groups excluding carboxylic acids is 2. The molecular weight excluding hydrogens is 747 g/mol. The van der Waals surface area contributed by atoms with Crippen LogP contribution in [0, 0.1) is 17.0 Å². The van der Waals surface area contributed by atoms with Crippen LogP contribution in [0.5, 0.6) is 0 Å². The number of aliphatic hydroxyl groups is 1. The summed E-state index contributed by atoms with van der Waals surface area (Å²) in [4.78, 5) is 35.3. The van der Waals surface area contributed by atoms with E-state index in [1.807, 2.05) is 32.9 Å². The standard InChI is InChI=1S/C39H45F2N8O6S/c1-24(36-46-32(20-56-36)26-10-12-27(13-11-26)34(42)55-38(3,4)5)39(52,30-17-29(40)14-15-31(30)41)21-49-23-48(22-45-49)25(2)54-37(51)47(7)35-28(9-8-16-44-35)19-53-33(50)18-43-6/h8-17,20,22-25,42-43,52H,18-19,21H2,1-7H3/q+1/t24-,25?,39+/m0/s1. The number of aromatic nitrogens is 5. The summed E-state index contributed by atoms with van der Waals surface area (Å²) < 4.78 is 49.5. The average molecular weight is 792 g/mol. The van der Waals surface area contributed by atoms with Crippen LogP contribution in [0.4, 0.5) is 19.4 Å². The van der Waals surface area contributed by atoms with E-state index in [0.29, 0.717) is 21.8 Å². The van der Waals surface area contributed by atoms with Crippen LogP contribution in [0.2, 0.25) is 0 Å². The zero-order valence-electron chi connectivity index (χ0n) is 32.1. The number of rotatable bonds is 14. The molecule has 5 aromatic rings. The molecule has 0 saturated carbocycles. The Labute approximate surface area is 327 Å². The number of esters is 1. The predicted octanol–water partition coefficient (Wildman–Crippen LogP) is 5.85. The normalized spacial score (nSPS) is 13.7. The first kappa shape index (κ1) is 41.5. The van der Waals surface area contributed by atoms with Crippen LogP contribution in [0.3, 0.4) is 0 Å². The van der Waals surface area contributed by atoms with Crippen LogP contribution in [0.25, 0.3) is 11.3 Å². The molecule has 3 heterocycles. The van der Waals surface area contributed by atoms with Crippen molar-refractivity contribution in [3.05, 3.63) is 112 Å². The molecule has 0 bridgehead atoms. The summed E-state index contributed by atoms with van der Waals surface area (Å²) in [5, 5.41) is 30.0. The Balaban J connectivity index is 1.34. The number of nitrogens with one attached hydrogen (secondary N) is 2. The van der Waals surface area contributed by atoms with Gasteiger partial charge < -0.3 is 24.6 Å². The number of amides is 1. The number of anilines is 1. The molecule has 5 rings (SSSR count). The Kier molecular flexibility index (Phi) is 12.9. The van der Waals surface area contributed by atoms with Gasteiger partial charge in [0.25, 0.3) is 6.33 Å². The molecule has 2 aromatic carbocycles. The SMILES string of the molecule is CNCC(=O)OCc1cccnc1N(C)C(=O)OC(C)[n+]1cnn(C[C@](O)(c2cc(F)ccc2F)[C@@H](C)c2nc(-c3ccc(C(=N)OC(C)(C)C)cc3)cs2)c1. The van der Waals surface area contributed by atoms with E-state index in [0.717, 1.165) is 23.8 Å². The fourth-order valence-corrected chi connectivity index (χ4v) is 6.66. The van der Waals surface area contributed by atoms with E-state index >= 15 is 4.39 Å². The third-order valence-corrected chi connectivity index (χ3v) is 9.75. The maximum absolute atomic E-state index is 15.5. The Bertz CT molecular complexity index is 2170. The second kappa shape index (κ2) is 17.4. The van der Waals surface area contributed by atoms with Gasteiger partial charge in [0.15, 0.2) is 0 Å². The molecule has 0 fully saturated rings. The second-order valence-corrected chi connectivity index (χ2v) is 15.0. The van der Waals surface area contributed by atoms with Crippen LogP contribution in [-0.4, -0.2) is 69.1 Å². The van der Waals surface area contributed by atoms with Gasteiger partial charge in [0.1, 0.15) is 41.8 Å². The Hall–Kier alpha value is -5.65. The van der Waals surface area contributed by atoms with Crippen molar-refractivity contribution in [1.29, 1.82) is 5.41 Å². The molecular formula is C39H45F2N8O6S+. The maximum atomic E-state index is 15.5. The molecule has 296 valence electrons. The first-order chi connectivity index (χ1) is 26.5. The lowest BCUT2D eigenvalue weighted by Crippen LogP contribution is -2.42. The van der Waals surface area contributed by atoms with Gasteiger partial charge in [0.05, 0.1) is 17.2 Å². The van der Waals surface area contributed by atoms with Crippen molar-refractivity contribution in [2.24, 2.45) is 0 Å². The van der Waals surface area contributed by atoms with Crippen molar-refractivity contribution in [3.8, 4) is 11.3 Å². The molecule has 1 unspecified atom stereocenters. The van der Waals surface area contributed by atoms with Gasteiger partial charge >= 0.3 is 12.1 Å². The van der Waals surface area contributed by atoms with E-state index in [1.165, 1.54) is 51.4 Å². The van der Waals surface area contributed by atoms with Crippen molar-refractivity contribution in [2.45, 2.75) is 71.1 Å². The highest BCUT2D eigenvalue weighted by Gasteiger charge is 2.43. The molecule has 17 heteroatoms. The van der Waals surface area contributed by atoms with Gasteiger partial charge in [-0.2, -0.15) is 4.57 Å². The summed E-state index contributed by atoms with van der Waals surface area (Å²) in [6, 6.07) is 13.4. The minimum absolute atomic E-state index is 0.0211. The largest absolute Gasteiger partial charge is 0.472 e. The molecule has 0 aliphatic rings. The number of hydrogen-bond donors (Lipinski definition) is 3. The third kappa shape index (κ3) is 9.96. The number of carbonyl (C=O) groups is 2. The molecule has 0 aliphatic heterocycles. The lowest BCUT2D eigenvalue weighted by molar-refractivity contribution is -0.753. The summed E-state index contributed by atoms with van der Waals surface area (Å²) in [5.41, 5.74) is -0.435. The first-order valence-corrected chi connectivity index (χ1v) is 18.5. The minimum atomic E-state index is -2.06. The van der Waals surface area contributed by atoms with Crippen molar-refractivity contribution < 1.29 is 42.3 Å². The van der Waals surface area contributed by atoms with E-state index in [2.05, 4.69) is 15.4 Å². The van der Waals surface area contributed by atoms with Crippen molar-refractivity contribution in [3.63, 3.8) is 0 Å². The molecule has 0 spiro atoms. The molecule has 3 N–H and O–H groups in total. The smallest absolute Gasteiger partial charge is 0.418 e.